The van der Waals surface area contributed by atoms with Crippen LogP contribution in [-0.2, 0) is 4.79 Å². The number of carbonyl (C=O) groups excluding carboxylic acids is 2. The lowest BCUT2D eigenvalue weighted by Crippen LogP contribution is -2.18. The predicted octanol–water partition coefficient (Wildman–Crippen LogP) is 3.57. The molecule has 0 spiro atoms. The summed E-state index contributed by atoms with van der Waals surface area (Å²) in [6.07, 6.45) is 0. The first-order valence-electron chi connectivity index (χ1n) is 8.94. The van der Waals surface area contributed by atoms with Gasteiger partial charge >= 0.3 is 0 Å². The van der Waals surface area contributed by atoms with Gasteiger partial charge in [-0.05, 0) is 24.3 Å². The van der Waals surface area contributed by atoms with Crippen LogP contribution >= 0.6 is 0 Å². The fraction of sp³-hybridized carbons (Fsp3) is 0.333. The van der Waals surface area contributed by atoms with Crippen LogP contribution in [0.2, 0.25) is 0 Å². The minimum Gasteiger partial charge on any atom is -0.494 e. The van der Waals surface area contributed by atoms with Crippen LogP contribution in [0.3, 0.4) is 0 Å². The molecule has 0 radical (unpaired) electrons. The first kappa shape index (κ1) is 21.9. The normalized spacial score (nSPS) is 10.3. The van der Waals surface area contributed by atoms with Crippen LogP contribution in [0.5, 0.6) is 23.0 Å². The van der Waals surface area contributed by atoms with Gasteiger partial charge in [-0.3, -0.25) is 9.59 Å². The number of anilines is 2. The first-order valence-corrected chi connectivity index (χ1v) is 8.94. The molecule has 0 fully saturated rings. The van der Waals surface area contributed by atoms with Crippen LogP contribution in [0.15, 0.2) is 30.3 Å². The summed E-state index contributed by atoms with van der Waals surface area (Å²) in [5, 5.41) is 5.59. The van der Waals surface area contributed by atoms with E-state index in [1.165, 1.54) is 28.4 Å². The third kappa shape index (κ3) is 5.10. The maximum Gasteiger partial charge on any atom is 0.255 e. The Morgan fingerprint density at radius 3 is 1.86 bits per heavy atom. The number of nitrogens with one attached hydrogen (secondary N) is 2. The summed E-state index contributed by atoms with van der Waals surface area (Å²) in [7, 11) is 5.94. The van der Waals surface area contributed by atoms with Gasteiger partial charge in [0.15, 0.2) is 11.5 Å². The van der Waals surface area contributed by atoms with Crippen LogP contribution in [0, 0.1) is 5.92 Å². The van der Waals surface area contributed by atoms with Crippen LogP contribution in [0.1, 0.15) is 24.2 Å². The Hall–Kier alpha value is -3.42. The van der Waals surface area contributed by atoms with E-state index in [-0.39, 0.29) is 17.7 Å². The van der Waals surface area contributed by atoms with Crippen molar-refractivity contribution in [2.75, 3.05) is 39.1 Å². The zero-order valence-corrected chi connectivity index (χ0v) is 17.4. The molecule has 8 heteroatoms. The molecule has 29 heavy (non-hydrogen) atoms. The molecule has 156 valence electrons. The van der Waals surface area contributed by atoms with E-state index < -0.39 is 0 Å². The molecule has 2 aromatic carbocycles. The highest BCUT2D eigenvalue weighted by atomic mass is 16.5. The largest absolute Gasteiger partial charge is 0.494 e. The smallest absolute Gasteiger partial charge is 0.255 e. The second-order valence-electron chi connectivity index (χ2n) is 6.43. The molecule has 2 rings (SSSR count). The SMILES string of the molecule is COc1cc(NC(=O)c2cc(OC)c(OC)c(OC)c2)ccc1NC(=O)C(C)C. The molecule has 0 saturated heterocycles. The standard InChI is InChI=1S/C21H26N2O6/c1-12(2)20(24)23-15-8-7-14(11-16(15)26-3)22-21(25)13-9-17(27-4)19(29-6)18(10-13)28-5/h7-12H,1-6H3,(H,22,25)(H,23,24). The van der Waals surface area contributed by atoms with Crippen LogP contribution in [0.4, 0.5) is 11.4 Å². The van der Waals surface area contributed by atoms with Crippen molar-refractivity contribution in [1.29, 1.82) is 0 Å². The summed E-state index contributed by atoms with van der Waals surface area (Å²) in [4.78, 5) is 24.7. The van der Waals surface area contributed by atoms with Crippen molar-refractivity contribution in [2.45, 2.75) is 13.8 Å². The van der Waals surface area contributed by atoms with Crippen molar-refractivity contribution in [3.8, 4) is 23.0 Å². The van der Waals surface area contributed by atoms with Gasteiger partial charge in [0.1, 0.15) is 5.75 Å². The van der Waals surface area contributed by atoms with Crippen LogP contribution < -0.4 is 29.6 Å². The van der Waals surface area contributed by atoms with Gasteiger partial charge in [-0.2, -0.15) is 0 Å². The molecule has 8 nitrogen and oxygen atoms in total. The highest BCUT2D eigenvalue weighted by Crippen LogP contribution is 2.38. The number of ether oxygens (including phenoxy) is 4. The van der Waals surface area contributed by atoms with E-state index in [0.29, 0.717) is 39.9 Å². The van der Waals surface area contributed by atoms with E-state index in [1.807, 2.05) is 0 Å². The van der Waals surface area contributed by atoms with E-state index in [1.54, 1.807) is 44.2 Å². The van der Waals surface area contributed by atoms with E-state index in [4.69, 9.17) is 18.9 Å². The van der Waals surface area contributed by atoms with Gasteiger partial charge < -0.3 is 29.6 Å². The number of methoxy groups -OCH3 is 4. The van der Waals surface area contributed by atoms with Crippen molar-refractivity contribution in [3.05, 3.63) is 35.9 Å². The van der Waals surface area contributed by atoms with E-state index >= 15 is 0 Å². The quantitative estimate of drug-likeness (QED) is 0.701. The lowest BCUT2D eigenvalue weighted by Gasteiger charge is -2.15. The molecule has 2 N–H and O–H groups in total. The Morgan fingerprint density at radius 1 is 0.793 bits per heavy atom. The average molecular weight is 402 g/mol. The fourth-order valence-electron chi connectivity index (χ4n) is 2.56. The van der Waals surface area contributed by atoms with Gasteiger partial charge in [0, 0.05) is 23.2 Å². The molecular weight excluding hydrogens is 376 g/mol. The second kappa shape index (κ2) is 9.68. The number of amides is 2. The van der Waals surface area contributed by atoms with Gasteiger partial charge in [0.25, 0.3) is 5.91 Å². The van der Waals surface area contributed by atoms with Gasteiger partial charge in [-0.25, -0.2) is 0 Å². The molecule has 0 aromatic heterocycles. The Bertz CT molecular complexity index is 870. The first-order chi connectivity index (χ1) is 13.8. The fourth-order valence-corrected chi connectivity index (χ4v) is 2.56. The summed E-state index contributed by atoms with van der Waals surface area (Å²) >= 11 is 0. The minimum atomic E-state index is -0.370. The maximum absolute atomic E-state index is 12.7. The number of benzene rings is 2. The zero-order chi connectivity index (χ0) is 21.6. The van der Waals surface area contributed by atoms with Crippen molar-refractivity contribution in [1.82, 2.24) is 0 Å². The van der Waals surface area contributed by atoms with Gasteiger partial charge in [-0.15, -0.1) is 0 Å². The van der Waals surface area contributed by atoms with Crippen molar-refractivity contribution < 1.29 is 28.5 Å². The Balaban J connectivity index is 2.28. The maximum atomic E-state index is 12.7. The molecule has 2 amide bonds. The van der Waals surface area contributed by atoms with Crippen LogP contribution in [0.25, 0.3) is 0 Å². The average Bonchev–Trinajstić information content (AvgIpc) is 2.73. The molecule has 0 aliphatic carbocycles. The molecule has 0 unspecified atom stereocenters. The highest BCUT2D eigenvalue weighted by Gasteiger charge is 2.18. The Kier molecular flexibility index (Phi) is 7.30. The summed E-state index contributed by atoms with van der Waals surface area (Å²) in [6.45, 7) is 3.60. The highest BCUT2D eigenvalue weighted by molar-refractivity contribution is 6.05. The number of hydrogen-bond donors (Lipinski definition) is 2. The molecule has 0 heterocycles. The molecular formula is C21H26N2O6. The topological polar surface area (TPSA) is 95.1 Å². The van der Waals surface area contributed by atoms with Crippen molar-refractivity contribution >= 4 is 23.2 Å². The van der Waals surface area contributed by atoms with Crippen molar-refractivity contribution in [2.24, 2.45) is 5.92 Å². The molecule has 0 aliphatic rings. The number of carbonyl (C=O) groups is 2. The zero-order valence-electron chi connectivity index (χ0n) is 17.4. The summed E-state index contributed by atoms with van der Waals surface area (Å²) in [5.41, 5.74) is 1.36. The lowest BCUT2D eigenvalue weighted by molar-refractivity contribution is -0.118. The number of rotatable bonds is 8. The third-order valence-corrected chi connectivity index (χ3v) is 4.17. The van der Waals surface area contributed by atoms with Crippen molar-refractivity contribution in [3.63, 3.8) is 0 Å². The number of hydrogen-bond acceptors (Lipinski definition) is 6. The lowest BCUT2D eigenvalue weighted by atomic mass is 10.1. The van der Waals surface area contributed by atoms with E-state index in [0.717, 1.165) is 0 Å². The minimum absolute atomic E-state index is 0.127. The van der Waals surface area contributed by atoms with E-state index in [2.05, 4.69) is 10.6 Å². The van der Waals surface area contributed by atoms with Gasteiger partial charge in [0.2, 0.25) is 11.7 Å². The summed E-state index contributed by atoms with van der Waals surface area (Å²) in [5.74, 6) is 0.921. The third-order valence-electron chi connectivity index (χ3n) is 4.17. The molecule has 0 bridgehead atoms. The molecule has 0 aliphatic heterocycles. The summed E-state index contributed by atoms with van der Waals surface area (Å²) < 4.78 is 21.2. The molecule has 0 atom stereocenters. The Morgan fingerprint density at radius 2 is 1.38 bits per heavy atom. The predicted molar refractivity (Wildman–Crippen MR) is 111 cm³/mol. The summed E-state index contributed by atoms with van der Waals surface area (Å²) in [6, 6.07) is 8.10. The van der Waals surface area contributed by atoms with Gasteiger partial charge in [-0.1, -0.05) is 13.8 Å². The Labute approximate surface area is 170 Å². The second-order valence-corrected chi connectivity index (χ2v) is 6.43. The monoisotopic (exact) mass is 402 g/mol. The van der Waals surface area contributed by atoms with E-state index in [9.17, 15) is 9.59 Å². The van der Waals surface area contributed by atoms with Crippen LogP contribution in [-0.4, -0.2) is 40.3 Å². The molecule has 0 saturated carbocycles. The molecule has 2 aromatic rings. The van der Waals surface area contributed by atoms with Gasteiger partial charge in [0.05, 0.1) is 34.1 Å².